The van der Waals surface area contributed by atoms with E-state index >= 15 is 0 Å². The maximum absolute atomic E-state index is 11.8. The number of alkyl halides is 1. The number of aromatic nitrogens is 2. The molecular formula is C13H17BrN2O. The van der Waals surface area contributed by atoms with Gasteiger partial charge in [0, 0.05) is 18.9 Å². The van der Waals surface area contributed by atoms with Gasteiger partial charge >= 0.3 is 5.69 Å². The Bertz CT molecular complexity index is 610. The average molecular weight is 297 g/mol. The molecule has 92 valence electrons. The van der Waals surface area contributed by atoms with Crippen LogP contribution in [-0.2, 0) is 14.1 Å². The molecule has 1 atom stereocenters. The molecule has 2 rings (SSSR count). The van der Waals surface area contributed by atoms with Crippen LogP contribution in [0.4, 0.5) is 0 Å². The third-order valence-electron chi connectivity index (χ3n) is 3.20. The molecule has 1 aromatic heterocycles. The van der Waals surface area contributed by atoms with E-state index in [9.17, 15) is 4.79 Å². The lowest BCUT2D eigenvalue weighted by molar-refractivity contribution is 0.641. The SMILES string of the molecule is CC(C)C(Br)c1ccc2c(c1)n(C)c(=O)n2C. The fourth-order valence-corrected chi connectivity index (χ4v) is 2.37. The van der Waals surface area contributed by atoms with E-state index in [2.05, 4.69) is 41.9 Å². The maximum Gasteiger partial charge on any atom is 0.328 e. The zero-order chi connectivity index (χ0) is 12.7. The van der Waals surface area contributed by atoms with Gasteiger partial charge in [-0.1, -0.05) is 35.8 Å². The molecule has 0 aliphatic heterocycles. The van der Waals surface area contributed by atoms with Crippen molar-refractivity contribution in [3.8, 4) is 0 Å². The first kappa shape index (κ1) is 12.4. The topological polar surface area (TPSA) is 26.9 Å². The number of imidazole rings is 1. The second kappa shape index (κ2) is 4.33. The summed E-state index contributed by atoms with van der Waals surface area (Å²) in [7, 11) is 3.62. The van der Waals surface area contributed by atoms with E-state index in [1.54, 1.807) is 16.2 Å². The van der Waals surface area contributed by atoms with E-state index in [1.807, 2.05) is 13.1 Å². The predicted octanol–water partition coefficient (Wildman–Crippen LogP) is 2.97. The van der Waals surface area contributed by atoms with Crippen molar-refractivity contribution in [3.05, 3.63) is 34.2 Å². The van der Waals surface area contributed by atoms with Gasteiger partial charge in [0.25, 0.3) is 0 Å². The van der Waals surface area contributed by atoms with Crippen LogP contribution in [-0.4, -0.2) is 9.13 Å². The summed E-state index contributed by atoms with van der Waals surface area (Å²) >= 11 is 3.69. The van der Waals surface area contributed by atoms with Crippen molar-refractivity contribution < 1.29 is 0 Å². The third-order valence-corrected chi connectivity index (χ3v) is 4.79. The Hall–Kier alpha value is -1.03. The van der Waals surface area contributed by atoms with Crippen molar-refractivity contribution in [2.45, 2.75) is 18.7 Å². The Kier molecular flexibility index (Phi) is 3.17. The summed E-state index contributed by atoms with van der Waals surface area (Å²) in [6, 6.07) is 6.19. The number of halogens is 1. The molecule has 0 fully saturated rings. The number of nitrogens with zero attached hydrogens (tertiary/aromatic N) is 2. The van der Waals surface area contributed by atoms with Gasteiger partial charge in [-0.05, 0) is 23.6 Å². The quantitative estimate of drug-likeness (QED) is 0.783. The molecule has 1 heterocycles. The van der Waals surface area contributed by atoms with Crippen LogP contribution in [0, 0.1) is 5.92 Å². The number of rotatable bonds is 2. The van der Waals surface area contributed by atoms with E-state index in [-0.39, 0.29) is 5.69 Å². The molecule has 0 amide bonds. The molecule has 1 aromatic carbocycles. The Labute approximate surface area is 109 Å². The second-order valence-electron chi connectivity index (χ2n) is 4.79. The summed E-state index contributed by atoms with van der Waals surface area (Å²) in [5.41, 5.74) is 3.20. The van der Waals surface area contributed by atoms with Gasteiger partial charge in [0.1, 0.15) is 0 Å². The Morgan fingerprint density at radius 1 is 1.12 bits per heavy atom. The first-order chi connectivity index (χ1) is 7.93. The van der Waals surface area contributed by atoms with Crippen LogP contribution in [0.1, 0.15) is 24.2 Å². The fourth-order valence-electron chi connectivity index (χ4n) is 2.08. The maximum atomic E-state index is 11.8. The number of fused-ring (bicyclic) bond motifs is 1. The van der Waals surface area contributed by atoms with E-state index in [1.165, 1.54) is 5.56 Å². The lowest BCUT2D eigenvalue weighted by Crippen LogP contribution is -2.19. The minimum absolute atomic E-state index is 0.0211. The molecule has 17 heavy (non-hydrogen) atoms. The largest absolute Gasteiger partial charge is 0.328 e. The van der Waals surface area contributed by atoms with Gasteiger partial charge in [0.15, 0.2) is 0 Å². The van der Waals surface area contributed by atoms with Crippen LogP contribution in [0.2, 0.25) is 0 Å². The van der Waals surface area contributed by atoms with Crippen molar-refractivity contribution in [2.24, 2.45) is 20.0 Å². The number of aryl methyl sites for hydroxylation is 2. The summed E-state index contributed by atoms with van der Waals surface area (Å²) in [6.07, 6.45) is 0. The molecule has 0 aliphatic rings. The Morgan fingerprint density at radius 3 is 2.29 bits per heavy atom. The van der Waals surface area contributed by atoms with Crippen molar-refractivity contribution in [2.75, 3.05) is 0 Å². The lowest BCUT2D eigenvalue weighted by Gasteiger charge is -2.14. The van der Waals surface area contributed by atoms with Crippen LogP contribution in [0.5, 0.6) is 0 Å². The molecule has 2 aromatic rings. The molecule has 1 unspecified atom stereocenters. The first-order valence-corrected chi connectivity index (χ1v) is 6.64. The molecule has 0 radical (unpaired) electrons. The number of hydrogen-bond donors (Lipinski definition) is 0. The highest BCUT2D eigenvalue weighted by atomic mass is 79.9. The summed E-state index contributed by atoms with van der Waals surface area (Å²) in [6.45, 7) is 4.35. The van der Waals surface area contributed by atoms with Gasteiger partial charge in [0.2, 0.25) is 0 Å². The van der Waals surface area contributed by atoms with Crippen LogP contribution in [0.3, 0.4) is 0 Å². The molecule has 4 heteroatoms. The van der Waals surface area contributed by atoms with Crippen LogP contribution >= 0.6 is 15.9 Å². The summed E-state index contributed by atoms with van der Waals surface area (Å²) in [5, 5.41) is 0. The summed E-state index contributed by atoms with van der Waals surface area (Å²) in [4.78, 5) is 12.1. The molecular weight excluding hydrogens is 280 g/mol. The van der Waals surface area contributed by atoms with Crippen LogP contribution < -0.4 is 5.69 Å². The highest BCUT2D eigenvalue weighted by Crippen LogP contribution is 2.31. The highest BCUT2D eigenvalue weighted by molar-refractivity contribution is 9.09. The van der Waals surface area contributed by atoms with Crippen LogP contribution in [0.25, 0.3) is 11.0 Å². The zero-order valence-electron chi connectivity index (χ0n) is 10.6. The smallest absolute Gasteiger partial charge is 0.295 e. The summed E-state index contributed by atoms with van der Waals surface area (Å²) < 4.78 is 3.37. The standard InChI is InChI=1S/C13H17BrN2O/c1-8(2)12(14)9-5-6-10-11(7-9)16(4)13(17)15(10)3/h5-8,12H,1-4H3. The first-order valence-electron chi connectivity index (χ1n) is 5.73. The number of benzene rings is 1. The van der Waals surface area contributed by atoms with Gasteiger partial charge < -0.3 is 0 Å². The predicted molar refractivity (Wildman–Crippen MR) is 74.7 cm³/mol. The molecule has 3 nitrogen and oxygen atoms in total. The highest BCUT2D eigenvalue weighted by Gasteiger charge is 2.14. The lowest BCUT2D eigenvalue weighted by atomic mass is 10.0. The fraction of sp³-hybridized carbons (Fsp3) is 0.462. The Balaban J connectivity index is 2.66. The van der Waals surface area contributed by atoms with Gasteiger partial charge in [-0.2, -0.15) is 0 Å². The van der Waals surface area contributed by atoms with E-state index in [0.29, 0.717) is 10.7 Å². The van der Waals surface area contributed by atoms with E-state index < -0.39 is 0 Å². The minimum Gasteiger partial charge on any atom is -0.295 e. The number of hydrogen-bond acceptors (Lipinski definition) is 1. The van der Waals surface area contributed by atoms with Gasteiger partial charge in [-0.25, -0.2) is 4.79 Å². The van der Waals surface area contributed by atoms with E-state index in [0.717, 1.165) is 11.0 Å². The van der Waals surface area contributed by atoms with Crippen molar-refractivity contribution in [3.63, 3.8) is 0 Å². The van der Waals surface area contributed by atoms with Crippen molar-refractivity contribution in [1.82, 2.24) is 9.13 Å². The third kappa shape index (κ3) is 1.95. The monoisotopic (exact) mass is 296 g/mol. The van der Waals surface area contributed by atoms with Gasteiger partial charge in [-0.15, -0.1) is 0 Å². The zero-order valence-corrected chi connectivity index (χ0v) is 12.2. The summed E-state index contributed by atoms with van der Waals surface area (Å²) in [5.74, 6) is 0.521. The molecule has 0 aliphatic carbocycles. The molecule has 0 saturated heterocycles. The average Bonchev–Trinajstić information content (AvgIpc) is 2.53. The minimum atomic E-state index is 0.0211. The molecule has 0 N–H and O–H groups in total. The molecule has 0 bridgehead atoms. The molecule has 0 spiro atoms. The Morgan fingerprint density at radius 2 is 1.71 bits per heavy atom. The van der Waals surface area contributed by atoms with Crippen LogP contribution in [0.15, 0.2) is 23.0 Å². The molecule has 0 saturated carbocycles. The van der Waals surface area contributed by atoms with Gasteiger partial charge in [0.05, 0.1) is 11.0 Å². The van der Waals surface area contributed by atoms with Gasteiger partial charge in [-0.3, -0.25) is 9.13 Å². The van der Waals surface area contributed by atoms with E-state index in [4.69, 9.17) is 0 Å². The normalized spacial score (nSPS) is 13.5. The second-order valence-corrected chi connectivity index (χ2v) is 5.78. The van der Waals surface area contributed by atoms with Crippen molar-refractivity contribution >= 4 is 27.0 Å². The van der Waals surface area contributed by atoms with Crippen molar-refractivity contribution in [1.29, 1.82) is 0 Å².